The largest absolute Gasteiger partial charge is 0.401 e. The summed E-state index contributed by atoms with van der Waals surface area (Å²) in [7, 11) is 0. The Balaban J connectivity index is 1.92. The highest BCUT2D eigenvalue weighted by molar-refractivity contribution is 8.01. The van der Waals surface area contributed by atoms with E-state index in [1.165, 1.54) is 11.8 Å². The predicted octanol–water partition coefficient (Wildman–Crippen LogP) is 4.96. The van der Waals surface area contributed by atoms with Crippen LogP contribution >= 0.6 is 11.8 Å². The molecule has 1 aliphatic carbocycles. The fourth-order valence-corrected chi connectivity index (χ4v) is 3.45. The van der Waals surface area contributed by atoms with Crippen LogP contribution in [0.25, 0.3) is 0 Å². The molecule has 0 bridgehead atoms. The highest BCUT2D eigenvalue weighted by Gasteiger charge is 2.66. The first-order valence-electron chi connectivity index (χ1n) is 9.70. The van der Waals surface area contributed by atoms with Crippen LogP contribution in [0.15, 0.2) is 35.9 Å². The summed E-state index contributed by atoms with van der Waals surface area (Å²) in [5.74, 6) is -2.64. The van der Waals surface area contributed by atoms with Crippen molar-refractivity contribution in [2.75, 3.05) is 11.6 Å². The van der Waals surface area contributed by atoms with E-state index in [2.05, 4.69) is 20.6 Å². The minimum Gasteiger partial charge on any atom is -0.365 e. The summed E-state index contributed by atoms with van der Waals surface area (Å²) in [6.07, 6.45) is -0.249. The van der Waals surface area contributed by atoms with Crippen LogP contribution in [0.1, 0.15) is 41.5 Å². The molecule has 1 atom stereocenters. The lowest BCUT2D eigenvalue weighted by Gasteiger charge is -2.20. The van der Waals surface area contributed by atoms with Gasteiger partial charge in [-0.15, -0.1) is 11.8 Å². The summed E-state index contributed by atoms with van der Waals surface area (Å²) < 4.78 is 68.0. The van der Waals surface area contributed by atoms with Crippen molar-refractivity contribution >= 4 is 23.5 Å². The van der Waals surface area contributed by atoms with Crippen molar-refractivity contribution in [3.05, 3.63) is 64.5 Å². The van der Waals surface area contributed by atoms with Gasteiger partial charge in [-0.2, -0.15) is 13.2 Å². The van der Waals surface area contributed by atoms with Crippen molar-refractivity contribution in [1.82, 2.24) is 15.3 Å². The quantitative estimate of drug-likeness (QED) is 0.532. The molecule has 11 heteroatoms. The van der Waals surface area contributed by atoms with Gasteiger partial charge in [0, 0.05) is 24.3 Å². The van der Waals surface area contributed by atoms with Gasteiger partial charge in [0.2, 0.25) is 0 Å². The first-order valence-corrected chi connectivity index (χ1v) is 11.0. The Morgan fingerprint density at radius 3 is 2.66 bits per heavy atom. The normalized spacial score (nSPS) is 16.1. The molecule has 1 heterocycles. The van der Waals surface area contributed by atoms with E-state index in [4.69, 9.17) is 0 Å². The standard InChI is InChI=1S/C21H21F5N4OS/c1-12(5-8-32-2)29-18(31)15-11-28-19(20(6-7-20)21(24,25)26)30-17(15)27-10-13-9-14(22)3-4-16(13)23/h3-5,8-9,11-12H,6-7,10H2,1-2H3,(H,29,31)(H,27,28,30)/b8-5+. The van der Waals surface area contributed by atoms with Crippen LogP contribution in [-0.4, -0.2) is 34.3 Å². The predicted molar refractivity (Wildman–Crippen MR) is 112 cm³/mol. The van der Waals surface area contributed by atoms with Crippen molar-refractivity contribution in [2.45, 2.75) is 43.9 Å². The topological polar surface area (TPSA) is 66.9 Å². The van der Waals surface area contributed by atoms with E-state index in [-0.39, 0.29) is 42.4 Å². The molecule has 1 amide bonds. The molecule has 2 aromatic rings. The number of nitrogens with one attached hydrogen (secondary N) is 2. The second-order valence-corrected chi connectivity index (χ2v) is 8.19. The molecule has 1 unspecified atom stereocenters. The smallest absolute Gasteiger partial charge is 0.365 e. The maximum Gasteiger partial charge on any atom is 0.401 e. The molecule has 172 valence electrons. The number of rotatable bonds is 8. The maximum absolute atomic E-state index is 14.0. The van der Waals surface area contributed by atoms with Gasteiger partial charge >= 0.3 is 6.18 Å². The lowest BCUT2D eigenvalue weighted by atomic mass is 10.1. The van der Waals surface area contributed by atoms with Crippen LogP contribution in [0, 0.1) is 11.6 Å². The Bertz CT molecular complexity index is 1020. The van der Waals surface area contributed by atoms with E-state index in [0.717, 1.165) is 24.4 Å². The Labute approximate surface area is 185 Å². The molecule has 5 nitrogen and oxygen atoms in total. The van der Waals surface area contributed by atoms with Gasteiger partial charge < -0.3 is 10.6 Å². The van der Waals surface area contributed by atoms with Gasteiger partial charge in [-0.1, -0.05) is 6.08 Å². The third kappa shape index (κ3) is 5.20. The average molecular weight is 472 g/mol. The van der Waals surface area contributed by atoms with Gasteiger partial charge in [0.15, 0.2) is 0 Å². The number of amides is 1. The number of hydrogen-bond acceptors (Lipinski definition) is 5. The van der Waals surface area contributed by atoms with E-state index in [9.17, 15) is 26.7 Å². The minimum absolute atomic E-state index is 0.0650. The van der Waals surface area contributed by atoms with Gasteiger partial charge in [-0.25, -0.2) is 18.7 Å². The summed E-state index contributed by atoms with van der Waals surface area (Å²) in [5, 5.41) is 7.13. The molecular formula is C21H21F5N4OS. The van der Waals surface area contributed by atoms with Gasteiger partial charge in [-0.3, -0.25) is 4.79 Å². The molecular weight excluding hydrogens is 451 g/mol. The van der Waals surface area contributed by atoms with Gasteiger partial charge in [-0.05, 0) is 49.6 Å². The number of hydrogen-bond donors (Lipinski definition) is 2. The molecule has 1 saturated carbocycles. The lowest BCUT2D eigenvalue weighted by molar-refractivity contribution is -0.162. The van der Waals surface area contributed by atoms with Gasteiger partial charge in [0.1, 0.15) is 34.3 Å². The fraction of sp³-hybridized carbons (Fsp3) is 0.381. The molecule has 32 heavy (non-hydrogen) atoms. The van der Waals surface area contributed by atoms with Crippen LogP contribution in [0.3, 0.4) is 0 Å². The van der Waals surface area contributed by atoms with E-state index in [1.54, 1.807) is 18.4 Å². The minimum atomic E-state index is -4.54. The number of nitrogens with zero attached hydrogens (tertiary/aromatic N) is 2. The van der Waals surface area contributed by atoms with E-state index in [1.807, 2.05) is 6.26 Å². The summed E-state index contributed by atoms with van der Waals surface area (Å²) in [6.45, 7) is 1.43. The number of thioether (sulfide) groups is 1. The average Bonchev–Trinajstić information content (AvgIpc) is 3.55. The number of carbonyl (C=O) groups is 1. The second kappa shape index (κ2) is 9.43. The molecule has 0 aliphatic heterocycles. The van der Waals surface area contributed by atoms with Crippen molar-refractivity contribution < 1.29 is 26.7 Å². The molecule has 1 aliphatic rings. The van der Waals surface area contributed by atoms with Gasteiger partial charge in [0.25, 0.3) is 5.91 Å². The Kier molecular flexibility index (Phi) is 7.06. The molecule has 2 N–H and O–H groups in total. The molecule has 0 spiro atoms. The van der Waals surface area contributed by atoms with Crippen molar-refractivity contribution in [3.63, 3.8) is 0 Å². The molecule has 3 rings (SSSR count). The number of halogens is 5. The van der Waals surface area contributed by atoms with E-state index < -0.39 is 35.0 Å². The summed E-state index contributed by atoms with van der Waals surface area (Å²) in [5.41, 5.74) is -2.32. The number of alkyl halides is 3. The summed E-state index contributed by atoms with van der Waals surface area (Å²) in [4.78, 5) is 20.5. The Morgan fingerprint density at radius 1 is 1.31 bits per heavy atom. The highest BCUT2D eigenvalue weighted by Crippen LogP contribution is 2.57. The zero-order chi connectivity index (χ0) is 23.5. The molecule has 1 aromatic carbocycles. The van der Waals surface area contributed by atoms with Crippen molar-refractivity contribution in [2.24, 2.45) is 0 Å². The number of carbonyl (C=O) groups excluding carboxylic acids is 1. The Morgan fingerprint density at radius 2 is 2.03 bits per heavy atom. The number of anilines is 1. The SMILES string of the molecule is CS/C=C/C(C)NC(=O)c1cnc(C2(C(F)(F)F)CC2)nc1NCc1cc(F)ccc1F. The molecule has 1 fully saturated rings. The van der Waals surface area contributed by atoms with Crippen molar-refractivity contribution in [1.29, 1.82) is 0 Å². The van der Waals surface area contributed by atoms with Crippen LogP contribution < -0.4 is 10.6 Å². The van der Waals surface area contributed by atoms with Crippen LogP contribution in [0.2, 0.25) is 0 Å². The maximum atomic E-state index is 14.0. The zero-order valence-electron chi connectivity index (χ0n) is 17.3. The summed E-state index contributed by atoms with van der Waals surface area (Å²) in [6, 6.07) is 2.48. The number of benzene rings is 1. The van der Waals surface area contributed by atoms with Crippen molar-refractivity contribution in [3.8, 4) is 0 Å². The third-order valence-corrected chi connectivity index (χ3v) is 5.50. The number of aromatic nitrogens is 2. The van der Waals surface area contributed by atoms with E-state index in [0.29, 0.717) is 0 Å². The molecule has 1 aromatic heterocycles. The summed E-state index contributed by atoms with van der Waals surface area (Å²) >= 11 is 1.44. The van der Waals surface area contributed by atoms with Crippen LogP contribution in [0.4, 0.5) is 27.8 Å². The second-order valence-electron chi connectivity index (χ2n) is 7.45. The lowest BCUT2D eigenvalue weighted by Crippen LogP contribution is -2.34. The molecule has 0 saturated heterocycles. The van der Waals surface area contributed by atoms with Crippen LogP contribution in [0.5, 0.6) is 0 Å². The molecule has 0 radical (unpaired) electrons. The fourth-order valence-electron chi connectivity index (χ4n) is 3.06. The van der Waals surface area contributed by atoms with Crippen LogP contribution in [-0.2, 0) is 12.0 Å². The van der Waals surface area contributed by atoms with Gasteiger partial charge in [0.05, 0.1) is 0 Å². The van der Waals surface area contributed by atoms with E-state index >= 15 is 0 Å². The highest BCUT2D eigenvalue weighted by atomic mass is 32.2. The monoisotopic (exact) mass is 472 g/mol. The Hall–Kier alpha value is -2.69. The third-order valence-electron chi connectivity index (χ3n) is 5.07. The first kappa shape index (κ1) is 24.0. The first-order chi connectivity index (χ1) is 15.1. The zero-order valence-corrected chi connectivity index (χ0v) is 18.1.